The average Bonchev–Trinajstić information content (AvgIpc) is 2.69. The third-order valence-corrected chi connectivity index (χ3v) is 3.27. The van der Waals surface area contributed by atoms with Crippen molar-refractivity contribution in [2.45, 2.75) is 37.9 Å². The van der Waals surface area contributed by atoms with Gasteiger partial charge in [-0.3, -0.25) is 19.1 Å². The molecule has 1 aliphatic heterocycles. The van der Waals surface area contributed by atoms with Gasteiger partial charge in [0.1, 0.15) is 24.1 Å². The number of aliphatic hydroxyl groups is 3. The average molecular weight is 300 g/mol. The van der Waals surface area contributed by atoms with Crippen molar-refractivity contribution < 1.29 is 24.9 Å². The quantitative estimate of drug-likeness (QED) is 0.473. The van der Waals surface area contributed by atoms with Crippen LogP contribution >= 0.6 is 0 Å². The van der Waals surface area contributed by atoms with Crippen LogP contribution in [0, 0.1) is 0 Å². The maximum absolute atomic E-state index is 11.8. The van der Waals surface area contributed by atoms with Crippen molar-refractivity contribution in [2.75, 3.05) is 6.61 Å². The first-order valence-electron chi connectivity index (χ1n) is 6.31. The number of Topliss-reactive ketones (excluding diaryl/α,β-unsaturated/α-hetero) is 1. The number of aliphatic hydroxyl groups excluding tert-OH is 3. The first kappa shape index (κ1) is 15.6. The molecule has 116 valence electrons. The van der Waals surface area contributed by atoms with Crippen LogP contribution in [0.25, 0.3) is 0 Å². The molecule has 0 aromatic carbocycles. The molecule has 1 saturated heterocycles. The van der Waals surface area contributed by atoms with Crippen LogP contribution in [0.3, 0.4) is 0 Å². The summed E-state index contributed by atoms with van der Waals surface area (Å²) < 4.78 is 6.10. The summed E-state index contributed by atoms with van der Waals surface area (Å²) in [5.74, 6) is -0.271. The molecule has 9 heteroatoms. The summed E-state index contributed by atoms with van der Waals surface area (Å²) >= 11 is 0. The predicted octanol–water partition coefficient (Wildman–Crippen LogP) is -2.72. The fourth-order valence-electron chi connectivity index (χ4n) is 2.22. The number of carbonyl (C=O) groups excluding carboxylic acids is 1. The van der Waals surface area contributed by atoms with Crippen molar-refractivity contribution in [1.29, 1.82) is 0 Å². The highest BCUT2D eigenvalue weighted by Crippen LogP contribution is 2.27. The minimum absolute atomic E-state index is 0.0415. The zero-order chi connectivity index (χ0) is 15.7. The summed E-state index contributed by atoms with van der Waals surface area (Å²) in [6.07, 6.45) is -4.17. The molecular formula is C12H16N2O7. The van der Waals surface area contributed by atoms with Crippen LogP contribution in [-0.4, -0.2) is 55.6 Å². The molecule has 0 unspecified atom stereocenters. The lowest BCUT2D eigenvalue weighted by molar-refractivity contribution is -0.116. The standard InChI is InChI=1S/C12H16N2O7/c1-5(16)2-6-3-14(12(20)13-10(6)19)11-9(18)8(17)7(4-15)21-11/h3,7-9,11,15,17-18H,2,4H2,1H3,(H,13,19,20)/t7-,8-,9+,11-/m1/s1. The van der Waals surface area contributed by atoms with Gasteiger partial charge in [0.05, 0.1) is 6.61 Å². The number of nitrogens with zero attached hydrogens (tertiary/aromatic N) is 1. The van der Waals surface area contributed by atoms with Gasteiger partial charge < -0.3 is 20.1 Å². The van der Waals surface area contributed by atoms with Crippen molar-refractivity contribution in [3.05, 3.63) is 32.6 Å². The van der Waals surface area contributed by atoms with E-state index in [1.807, 2.05) is 4.98 Å². The Morgan fingerprint density at radius 2 is 2.05 bits per heavy atom. The topological polar surface area (TPSA) is 142 Å². The summed E-state index contributed by atoms with van der Waals surface area (Å²) in [6, 6.07) is 0. The second-order valence-corrected chi connectivity index (χ2v) is 4.93. The Bertz CT molecular complexity index is 650. The molecule has 4 atom stereocenters. The molecule has 4 N–H and O–H groups in total. The third-order valence-electron chi connectivity index (χ3n) is 3.27. The minimum atomic E-state index is -1.45. The summed E-state index contributed by atoms with van der Waals surface area (Å²) in [4.78, 5) is 36.5. The van der Waals surface area contributed by atoms with Crippen LogP contribution in [0.2, 0.25) is 0 Å². The second kappa shape index (κ2) is 5.90. The molecule has 0 bridgehead atoms. The van der Waals surface area contributed by atoms with E-state index in [9.17, 15) is 24.6 Å². The zero-order valence-electron chi connectivity index (χ0n) is 11.2. The van der Waals surface area contributed by atoms with E-state index < -0.39 is 42.4 Å². The Hall–Kier alpha value is -1.81. The van der Waals surface area contributed by atoms with Crippen molar-refractivity contribution in [3.8, 4) is 0 Å². The van der Waals surface area contributed by atoms with Crippen LogP contribution in [0.5, 0.6) is 0 Å². The molecule has 1 aliphatic rings. The molecule has 0 aliphatic carbocycles. The lowest BCUT2D eigenvalue weighted by atomic mass is 10.1. The van der Waals surface area contributed by atoms with Gasteiger partial charge in [-0.2, -0.15) is 0 Å². The van der Waals surface area contributed by atoms with E-state index in [1.54, 1.807) is 0 Å². The highest BCUT2D eigenvalue weighted by molar-refractivity contribution is 5.77. The van der Waals surface area contributed by atoms with Gasteiger partial charge >= 0.3 is 5.69 Å². The molecule has 21 heavy (non-hydrogen) atoms. The number of hydrogen-bond acceptors (Lipinski definition) is 7. The summed E-state index contributed by atoms with van der Waals surface area (Å²) in [7, 11) is 0. The smallest absolute Gasteiger partial charge is 0.330 e. The molecule has 2 rings (SSSR count). The zero-order valence-corrected chi connectivity index (χ0v) is 11.2. The number of aromatic nitrogens is 2. The van der Waals surface area contributed by atoms with Gasteiger partial charge in [-0.05, 0) is 6.92 Å². The van der Waals surface area contributed by atoms with Gasteiger partial charge in [-0.25, -0.2) is 4.79 Å². The normalized spacial score (nSPS) is 28.8. The summed E-state index contributed by atoms with van der Waals surface area (Å²) in [5, 5.41) is 28.6. The number of ether oxygens (including phenoxy) is 1. The van der Waals surface area contributed by atoms with E-state index >= 15 is 0 Å². The first-order valence-corrected chi connectivity index (χ1v) is 6.31. The van der Waals surface area contributed by atoms with Gasteiger partial charge in [0.25, 0.3) is 5.56 Å². The van der Waals surface area contributed by atoms with Crippen molar-refractivity contribution in [2.24, 2.45) is 0 Å². The number of nitrogens with one attached hydrogen (secondary N) is 1. The fourth-order valence-corrected chi connectivity index (χ4v) is 2.22. The van der Waals surface area contributed by atoms with Crippen LogP contribution < -0.4 is 11.2 Å². The van der Waals surface area contributed by atoms with E-state index in [2.05, 4.69) is 0 Å². The van der Waals surface area contributed by atoms with Crippen LogP contribution in [0.4, 0.5) is 0 Å². The molecule has 9 nitrogen and oxygen atoms in total. The van der Waals surface area contributed by atoms with Gasteiger partial charge in [0.15, 0.2) is 6.23 Å². The number of carbonyl (C=O) groups is 1. The van der Waals surface area contributed by atoms with Crippen LogP contribution in [-0.2, 0) is 16.0 Å². The highest BCUT2D eigenvalue weighted by atomic mass is 16.6. The molecule has 0 spiro atoms. The predicted molar refractivity (Wildman–Crippen MR) is 68.7 cm³/mol. The Morgan fingerprint density at radius 1 is 1.38 bits per heavy atom. The third kappa shape index (κ3) is 2.95. The lowest BCUT2D eigenvalue weighted by Crippen LogP contribution is -2.39. The highest BCUT2D eigenvalue weighted by Gasteiger charge is 2.43. The molecule has 1 aromatic rings. The van der Waals surface area contributed by atoms with E-state index in [1.165, 1.54) is 6.92 Å². The van der Waals surface area contributed by atoms with Crippen LogP contribution in [0.15, 0.2) is 15.8 Å². The van der Waals surface area contributed by atoms with Gasteiger partial charge in [-0.1, -0.05) is 0 Å². The molecule has 0 amide bonds. The van der Waals surface area contributed by atoms with Crippen molar-refractivity contribution in [3.63, 3.8) is 0 Å². The first-order chi connectivity index (χ1) is 9.85. The number of aromatic amines is 1. The van der Waals surface area contributed by atoms with Crippen LogP contribution in [0.1, 0.15) is 18.7 Å². The fraction of sp³-hybridized carbons (Fsp3) is 0.583. The number of rotatable bonds is 4. The molecule has 0 saturated carbocycles. The number of H-pyrrole nitrogens is 1. The maximum Gasteiger partial charge on any atom is 0.330 e. The molecule has 0 radical (unpaired) electrons. The lowest BCUT2D eigenvalue weighted by Gasteiger charge is -2.17. The molecule has 1 fully saturated rings. The Morgan fingerprint density at radius 3 is 2.57 bits per heavy atom. The van der Waals surface area contributed by atoms with Gasteiger partial charge in [0, 0.05) is 18.2 Å². The largest absolute Gasteiger partial charge is 0.394 e. The van der Waals surface area contributed by atoms with E-state index in [4.69, 9.17) is 9.84 Å². The van der Waals surface area contributed by atoms with E-state index in [-0.39, 0.29) is 17.8 Å². The molecule has 1 aromatic heterocycles. The SMILES string of the molecule is CC(=O)Cc1cn([C@@H]2O[C@H](CO)[C@@H](O)[C@@H]2O)c(=O)[nH]c1=O. The summed E-state index contributed by atoms with van der Waals surface area (Å²) in [5.41, 5.74) is -1.50. The minimum Gasteiger partial charge on any atom is -0.394 e. The Kier molecular flexibility index (Phi) is 4.37. The Balaban J connectivity index is 2.42. The van der Waals surface area contributed by atoms with Crippen molar-refractivity contribution in [1.82, 2.24) is 9.55 Å². The maximum atomic E-state index is 11.8. The Labute approximate surface area is 118 Å². The monoisotopic (exact) mass is 300 g/mol. The van der Waals surface area contributed by atoms with Gasteiger partial charge in [-0.15, -0.1) is 0 Å². The van der Waals surface area contributed by atoms with Crippen molar-refractivity contribution >= 4 is 5.78 Å². The van der Waals surface area contributed by atoms with E-state index in [0.29, 0.717) is 0 Å². The summed E-state index contributed by atoms with van der Waals surface area (Å²) in [6.45, 7) is 0.758. The number of ketones is 1. The second-order valence-electron chi connectivity index (χ2n) is 4.93. The van der Waals surface area contributed by atoms with E-state index in [0.717, 1.165) is 10.8 Å². The molecular weight excluding hydrogens is 284 g/mol. The van der Waals surface area contributed by atoms with Gasteiger partial charge in [0.2, 0.25) is 0 Å². The molecule has 2 heterocycles. The number of hydrogen-bond donors (Lipinski definition) is 4.